The lowest BCUT2D eigenvalue weighted by Crippen LogP contribution is -2.43. The summed E-state index contributed by atoms with van der Waals surface area (Å²) < 4.78 is 0. The van der Waals surface area contributed by atoms with Gasteiger partial charge in [-0.3, -0.25) is 9.69 Å². The molecular weight excluding hydrogens is 395 g/mol. The van der Waals surface area contributed by atoms with Crippen molar-refractivity contribution >= 4 is 48.8 Å². The van der Waals surface area contributed by atoms with E-state index in [1.165, 1.54) is 5.56 Å². The van der Waals surface area contributed by atoms with Crippen molar-refractivity contribution in [1.29, 1.82) is 0 Å². The molecule has 8 heteroatoms. The molecule has 0 bridgehead atoms. The number of nitrogens with one attached hydrogen (secondary N) is 1. The van der Waals surface area contributed by atoms with Crippen LogP contribution >= 0.6 is 37.2 Å². The van der Waals surface area contributed by atoms with Gasteiger partial charge in [0.05, 0.1) is 0 Å². The van der Waals surface area contributed by atoms with E-state index in [-0.39, 0.29) is 55.1 Å². The molecule has 2 atom stereocenters. The first-order valence-corrected chi connectivity index (χ1v) is 8.66. The van der Waals surface area contributed by atoms with Crippen molar-refractivity contribution in [2.45, 2.75) is 31.8 Å². The molecule has 1 amide bonds. The smallest absolute Gasteiger partial charge is 0.227 e. The minimum Gasteiger partial charge on any atom is -0.328 e. The lowest BCUT2D eigenvalue weighted by molar-refractivity contribution is -0.119. The Kier molecular flexibility index (Phi) is 11.7. The molecule has 1 aliphatic heterocycles. The van der Waals surface area contributed by atoms with Gasteiger partial charge >= 0.3 is 0 Å². The number of rotatable bonds is 4. The lowest BCUT2D eigenvalue weighted by atomic mass is 10.1. The van der Waals surface area contributed by atoms with Gasteiger partial charge in [0.2, 0.25) is 5.91 Å². The van der Waals surface area contributed by atoms with E-state index < -0.39 is 0 Å². The number of halogens is 3. The fraction of sp³-hybridized carbons (Fsp3) is 0.611. The molecule has 26 heavy (non-hydrogen) atoms. The summed E-state index contributed by atoms with van der Waals surface area (Å²) in [6.45, 7) is 5.41. The first-order chi connectivity index (χ1) is 11.1. The number of likely N-dealkylation sites (N-methyl/N-ethyl adjacent to an activating group) is 1. The maximum Gasteiger partial charge on any atom is 0.227 e. The zero-order chi connectivity index (χ0) is 16.2. The zero-order valence-corrected chi connectivity index (χ0v) is 17.7. The highest BCUT2D eigenvalue weighted by molar-refractivity contribution is 5.92. The molecule has 1 aromatic rings. The molecule has 1 aliphatic carbocycles. The molecule has 1 heterocycles. The summed E-state index contributed by atoms with van der Waals surface area (Å²) in [6.07, 6.45) is 2.68. The predicted octanol–water partition coefficient (Wildman–Crippen LogP) is 2.77. The summed E-state index contributed by atoms with van der Waals surface area (Å²) in [6, 6.07) is 8.43. The Morgan fingerprint density at radius 2 is 1.85 bits per heavy atom. The minimum atomic E-state index is 0. The van der Waals surface area contributed by atoms with Gasteiger partial charge in [-0.25, -0.2) is 0 Å². The highest BCUT2D eigenvalue weighted by atomic mass is 35.5. The van der Waals surface area contributed by atoms with Crippen LogP contribution in [-0.4, -0.2) is 55.0 Å². The van der Waals surface area contributed by atoms with Crippen molar-refractivity contribution in [2.75, 3.05) is 38.5 Å². The predicted molar refractivity (Wildman–Crippen MR) is 115 cm³/mol. The normalized spacial score (nSPS) is 23.3. The Bertz CT molecular complexity index is 553. The van der Waals surface area contributed by atoms with Crippen molar-refractivity contribution in [2.24, 2.45) is 11.7 Å². The van der Waals surface area contributed by atoms with Gasteiger partial charge in [-0.1, -0.05) is 12.1 Å². The molecule has 2 aliphatic rings. The number of amides is 1. The number of nitrogens with two attached hydrogens (primary N) is 1. The van der Waals surface area contributed by atoms with Crippen LogP contribution in [0.15, 0.2) is 24.3 Å². The van der Waals surface area contributed by atoms with Gasteiger partial charge in [-0.05, 0) is 44.0 Å². The van der Waals surface area contributed by atoms with Crippen LogP contribution in [0.4, 0.5) is 5.69 Å². The van der Waals surface area contributed by atoms with Crippen LogP contribution in [0.5, 0.6) is 0 Å². The third-order valence-electron chi connectivity index (χ3n) is 5.04. The second-order valence-electron chi connectivity index (χ2n) is 7.04. The molecule has 150 valence electrons. The summed E-state index contributed by atoms with van der Waals surface area (Å²) in [5.74, 6) is 0.195. The molecule has 0 radical (unpaired) electrons. The Labute approximate surface area is 175 Å². The molecule has 1 saturated heterocycles. The highest BCUT2D eigenvalue weighted by Crippen LogP contribution is 2.25. The number of nitrogens with zero attached hydrogens (tertiary/aromatic N) is 2. The molecule has 3 N–H and O–H groups in total. The number of hydrogen-bond donors (Lipinski definition) is 2. The summed E-state index contributed by atoms with van der Waals surface area (Å²) in [5.41, 5.74) is 8.07. The summed E-state index contributed by atoms with van der Waals surface area (Å²) in [5, 5.41) is 3.07. The average Bonchev–Trinajstić information content (AvgIpc) is 2.97. The lowest BCUT2D eigenvalue weighted by Gasteiger charge is -2.32. The van der Waals surface area contributed by atoms with Crippen LogP contribution in [0.2, 0.25) is 0 Å². The number of hydrogen-bond acceptors (Lipinski definition) is 4. The monoisotopic (exact) mass is 424 g/mol. The fourth-order valence-electron chi connectivity index (χ4n) is 3.51. The Morgan fingerprint density at radius 3 is 2.46 bits per heavy atom. The summed E-state index contributed by atoms with van der Waals surface area (Å²) >= 11 is 0. The summed E-state index contributed by atoms with van der Waals surface area (Å²) in [4.78, 5) is 17.1. The molecule has 5 nitrogen and oxygen atoms in total. The van der Waals surface area contributed by atoms with E-state index in [1.54, 1.807) is 0 Å². The van der Waals surface area contributed by atoms with Gasteiger partial charge in [0, 0.05) is 50.4 Å². The third kappa shape index (κ3) is 7.22. The third-order valence-corrected chi connectivity index (χ3v) is 5.04. The number of piperazine rings is 1. The SMILES string of the molecule is CN1CCN(Cc2cccc(NC(=O)C3CCC(N)C3)c2)CC1.Cl.Cl.Cl. The van der Waals surface area contributed by atoms with Crippen molar-refractivity contribution in [3.05, 3.63) is 29.8 Å². The number of carbonyl (C=O) groups excluding carboxylic acids is 1. The van der Waals surface area contributed by atoms with Gasteiger partial charge in [0.1, 0.15) is 0 Å². The second-order valence-corrected chi connectivity index (χ2v) is 7.04. The van der Waals surface area contributed by atoms with Crippen molar-refractivity contribution < 1.29 is 4.79 Å². The van der Waals surface area contributed by atoms with E-state index >= 15 is 0 Å². The second kappa shape index (κ2) is 12.0. The van der Waals surface area contributed by atoms with Gasteiger partial charge in [-0.15, -0.1) is 37.2 Å². The van der Waals surface area contributed by atoms with Crippen LogP contribution in [0.1, 0.15) is 24.8 Å². The highest BCUT2D eigenvalue weighted by Gasteiger charge is 2.27. The fourth-order valence-corrected chi connectivity index (χ4v) is 3.51. The topological polar surface area (TPSA) is 61.6 Å². The van der Waals surface area contributed by atoms with Crippen molar-refractivity contribution in [3.8, 4) is 0 Å². The maximum atomic E-state index is 12.3. The molecule has 2 fully saturated rings. The van der Waals surface area contributed by atoms with E-state index in [4.69, 9.17) is 5.73 Å². The quantitative estimate of drug-likeness (QED) is 0.778. The van der Waals surface area contributed by atoms with E-state index in [0.717, 1.165) is 57.7 Å². The van der Waals surface area contributed by atoms with Crippen LogP contribution in [0.25, 0.3) is 0 Å². The first-order valence-electron chi connectivity index (χ1n) is 8.66. The molecule has 0 aromatic heterocycles. The van der Waals surface area contributed by atoms with E-state index in [0.29, 0.717) is 0 Å². The van der Waals surface area contributed by atoms with Crippen LogP contribution in [0.3, 0.4) is 0 Å². The largest absolute Gasteiger partial charge is 0.328 e. The zero-order valence-electron chi connectivity index (χ0n) is 15.2. The molecular formula is C18H31Cl3N4O. The molecule has 2 unspecified atom stereocenters. The Hall–Kier alpha value is -0.560. The van der Waals surface area contributed by atoms with Gasteiger partial charge in [0.25, 0.3) is 0 Å². The van der Waals surface area contributed by atoms with E-state index in [9.17, 15) is 4.79 Å². The molecule has 3 rings (SSSR count). The Balaban J connectivity index is 0.00000208. The van der Waals surface area contributed by atoms with Crippen LogP contribution in [-0.2, 0) is 11.3 Å². The molecule has 1 aromatic carbocycles. The van der Waals surface area contributed by atoms with Crippen molar-refractivity contribution in [1.82, 2.24) is 9.80 Å². The van der Waals surface area contributed by atoms with Gasteiger partial charge < -0.3 is 16.0 Å². The number of anilines is 1. The number of benzene rings is 1. The average molecular weight is 426 g/mol. The standard InChI is InChI=1S/C18H28N4O.3ClH/c1-21-7-9-22(10-8-21)13-14-3-2-4-17(11-14)20-18(23)15-5-6-16(19)12-15;;;/h2-4,11,15-16H,5-10,12-13,19H2,1H3,(H,20,23);3*1H. The minimum absolute atomic E-state index is 0. The maximum absolute atomic E-state index is 12.3. The van der Waals surface area contributed by atoms with E-state index in [1.807, 2.05) is 12.1 Å². The molecule has 1 saturated carbocycles. The summed E-state index contributed by atoms with van der Waals surface area (Å²) in [7, 11) is 2.17. The van der Waals surface area contributed by atoms with Crippen LogP contribution in [0, 0.1) is 5.92 Å². The molecule has 0 spiro atoms. The van der Waals surface area contributed by atoms with Gasteiger partial charge in [0.15, 0.2) is 0 Å². The van der Waals surface area contributed by atoms with Crippen LogP contribution < -0.4 is 11.1 Å². The number of carbonyl (C=O) groups is 1. The van der Waals surface area contributed by atoms with E-state index in [2.05, 4.69) is 34.3 Å². The Morgan fingerprint density at radius 1 is 1.15 bits per heavy atom. The first kappa shape index (κ1) is 25.4. The van der Waals surface area contributed by atoms with Gasteiger partial charge in [-0.2, -0.15) is 0 Å². The van der Waals surface area contributed by atoms with Crippen molar-refractivity contribution in [3.63, 3.8) is 0 Å².